The van der Waals surface area contributed by atoms with E-state index < -0.39 is 0 Å². The van der Waals surface area contributed by atoms with E-state index in [1.165, 1.54) is 0 Å². The van der Waals surface area contributed by atoms with Gasteiger partial charge in [-0.1, -0.05) is 30.0 Å². The number of ether oxygens (including phenoxy) is 1. The van der Waals surface area contributed by atoms with Gasteiger partial charge in [0.1, 0.15) is 5.75 Å². The van der Waals surface area contributed by atoms with Crippen LogP contribution in [0.1, 0.15) is 28.7 Å². The number of carbonyl (C=O) groups is 1. The first-order chi connectivity index (χ1) is 12.9. The van der Waals surface area contributed by atoms with Crippen LogP contribution in [0.4, 0.5) is 5.69 Å². The van der Waals surface area contributed by atoms with E-state index in [0.717, 1.165) is 51.0 Å². The van der Waals surface area contributed by atoms with Gasteiger partial charge in [-0.25, -0.2) is 4.99 Å². The minimum atomic E-state index is -0.0505. The quantitative estimate of drug-likeness (QED) is 0.751. The Morgan fingerprint density at radius 2 is 1.81 bits per heavy atom. The summed E-state index contributed by atoms with van der Waals surface area (Å²) in [7, 11) is 0. The zero-order chi connectivity index (χ0) is 19.4. The zero-order valence-corrected chi connectivity index (χ0v) is 17.2. The van der Waals surface area contributed by atoms with Crippen LogP contribution in [0.2, 0.25) is 0 Å². The predicted octanol–water partition coefficient (Wildman–Crippen LogP) is 4.95. The molecule has 1 amide bonds. The lowest BCUT2D eigenvalue weighted by molar-refractivity contribution is -0.129. The fraction of sp³-hybridized carbons (Fsp3) is 0.364. The molecule has 27 heavy (non-hydrogen) atoms. The standard InChI is InChI=1S/C22H26N2O2S/c1-15-6-7-18(4)20(13-15)23-22-24(8-5-9-27-22)21(25)14-26-19-11-16(2)10-17(3)12-19/h6-7,10-13H,5,8-9,14H2,1-4H3. The highest BCUT2D eigenvalue weighted by molar-refractivity contribution is 8.13. The molecule has 0 bridgehead atoms. The second-order valence-corrected chi connectivity index (χ2v) is 8.11. The Bertz CT molecular complexity index is 856. The molecule has 1 aliphatic heterocycles. The van der Waals surface area contributed by atoms with Gasteiger partial charge in [0.05, 0.1) is 5.69 Å². The maximum atomic E-state index is 12.8. The summed E-state index contributed by atoms with van der Waals surface area (Å²) in [6.07, 6.45) is 0.964. The Labute approximate surface area is 165 Å². The van der Waals surface area contributed by atoms with Crippen molar-refractivity contribution in [2.24, 2.45) is 4.99 Å². The van der Waals surface area contributed by atoms with Crippen molar-refractivity contribution < 1.29 is 9.53 Å². The molecule has 0 saturated carbocycles. The van der Waals surface area contributed by atoms with Gasteiger partial charge in [0.2, 0.25) is 0 Å². The molecule has 0 spiro atoms. The number of amides is 1. The van der Waals surface area contributed by atoms with Crippen LogP contribution in [0.3, 0.4) is 0 Å². The molecule has 1 saturated heterocycles. The minimum absolute atomic E-state index is 0.0231. The van der Waals surface area contributed by atoms with Crippen LogP contribution in [-0.4, -0.2) is 34.9 Å². The molecule has 0 atom stereocenters. The zero-order valence-electron chi connectivity index (χ0n) is 16.4. The minimum Gasteiger partial charge on any atom is -0.484 e. The third-order valence-corrected chi connectivity index (χ3v) is 5.49. The van der Waals surface area contributed by atoms with Crippen molar-refractivity contribution in [2.45, 2.75) is 34.1 Å². The van der Waals surface area contributed by atoms with Crippen molar-refractivity contribution in [1.82, 2.24) is 4.90 Å². The fourth-order valence-electron chi connectivity index (χ4n) is 3.07. The molecule has 1 fully saturated rings. The Balaban J connectivity index is 1.75. The van der Waals surface area contributed by atoms with Gasteiger partial charge in [-0.05, 0) is 74.6 Å². The van der Waals surface area contributed by atoms with E-state index in [-0.39, 0.29) is 12.5 Å². The second-order valence-electron chi connectivity index (χ2n) is 7.04. The molecular weight excluding hydrogens is 356 g/mol. The maximum absolute atomic E-state index is 12.8. The molecule has 5 heteroatoms. The summed E-state index contributed by atoms with van der Waals surface area (Å²) in [5, 5.41) is 0.768. The summed E-state index contributed by atoms with van der Waals surface area (Å²) >= 11 is 1.64. The second kappa shape index (κ2) is 8.61. The molecule has 2 aromatic carbocycles. The normalized spacial score (nSPS) is 15.9. The summed E-state index contributed by atoms with van der Waals surface area (Å²) in [4.78, 5) is 19.4. The highest BCUT2D eigenvalue weighted by atomic mass is 32.2. The molecule has 142 valence electrons. The third-order valence-electron chi connectivity index (χ3n) is 4.43. The molecular formula is C22H26N2O2S. The smallest absolute Gasteiger partial charge is 0.266 e. The molecule has 3 rings (SSSR count). The van der Waals surface area contributed by atoms with Crippen molar-refractivity contribution in [3.8, 4) is 5.75 Å². The summed E-state index contributed by atoms with van der Waals surface area (Å²) < 4.78 is 5.77. The van der Waals surface area contributed by atoms with Crippen LogP contribution in [-0.2, 0) is 4.79 Å². The van der Waals surface area contributed by atoms with Crippen LogP contribution in [0, 0.1) is 27.7 Å². The number of amidine groups is 1. The van der Waals surface area contributed by atoms with Gasteiger partial charge in [-0.15, -0.1) is 0 Å². The largest absolute Gasteiger partial charge is 0.484 e. The number of hydrogen-bond donors (Lipinski definition) is 0. The molecule has 4 nitrogen and oxygen atoms in total. The number of carbonyl (C=O) groups excluding carboxylic acids is 1. The lowest BCUT2D eigenvalue weighted by Crippen LogP contribution is -2.41. The average molecular weight is 383 g/mol. The summed E-state index contributed by atoms with van der Waals surface area (Å²) in [6, 6.07) is 12.2. The van der Waals surface area contributed by atoms with E-state index >= 15 is 0 Å². The molecule has 1 aliphatic rings. The van der Waals surface area contributed by atoms with Gasteiger partial charge < -0.3 is 4.74 Å². The van der Waals surface area contributed by atoms with Crippen LogP contribution in [0.15, 0.2) is 41.4 Å². The predicted molar refractivity (Wildman–Crippen MR) is 113 cm³/mol. The van der Waals surface area contributed by atoms with E-state index in [4.69, 9.17) is 9.73 Å². The van der Waals surface area contributed by atoms with Gasteiger partial charge >= 0.3 is 0 Å². The number of thioether (sulfide) groups is 1. The van der Waals surface area contributed by atoms with E-state index in [2.05, 4.69) is 31.2 Å². The van der Waals surface area contributed by atoms with Crippen LogP contribution in [0.5, 0.6) is 5.75 Å². The Hall–Kier alpha value is -2.27. The number of benzene rings is 2. The molecule has 0 aliphatic carbocycles. The summed E-state index contributed by atoms with van der Waals surface area (Å²) in [5.41, 5.74) is 5.45. The number of nitrogens with zero attached hydrogens (tertiary/aromatic N) is 2. The molecule has 0 aromatic heterocycles. The maximum Gasteiger partial charge on any atom is 0.266 e. The first kappa shape index (κ1) is 19.5. The number of aryl methyl sites for hydroxylation is 4. The van der Waals surface area contributed by atoms with Crippen LogP contribution < -0.4 is 4.74 Å². The summed E-state index contributed by atoms with van der Waals surface area (Å²) in [6.45, 7) is 8.86. The van der Waals surface area contributed by atoms with Crippen molar-refractivity contribution in [3.05, 3.63) is 58.7 Å². The van der Waals surface area contributed by atoms with Gasteiger partial charge in [0, 0.05) is 12.3 Å². The molecule has 0 N–H and O–H groups in total. The average Bonchev–Trinajstić information content (AvgIpc) is 2.62. The lowest BCUT2D eigenvalue weighted by atomic mass is 10.1. The molecule has 2 aromatic rings. The number of aliphatic imine (C=N–C) groups is 1. The van der Waals surface area contributed by atoms with Crippen molar-refractivity contribution >= 4 is 28.5 Å². The third kappa shape index (κ3) is 5.13. The van der Waals surface area contributed by atoms with Crippen molar-refractivity contribution in [1.29, 1.82) is 0 Å². The highest BCUT2D eigenvalue weighted by Crippen LogP contribution is 2.26. The van der Waals surface area contributed by atoms with Crippen molar-refractivity contribution in [3.63, 3.8) is 0 Å². The van der Waals surface area contributed by atoms with E-state index in [1.54, 1.807) is 16.7 Å². The fourth-order valence-corrected chi connectivity index (χ4v) is 4.03. The Morgan fingerprint density at radius 1 is 1.07 bits per heavy atom. The SMILES string of the molecule is Cc1cc(C)cc(OCC(=O)N2CCCSC2=Nc2cc(C)ccc2C)c1. The van der Waals surface area contributed by atoms with Gasteiger partial charge in [-0.2, -0.15) is 0 Å². The highest BCUT2D eigenvalue weighted by Gasteiger charge is 2.24. The van der Waals surface area contributed by atoms with Crippen molar-refractivity contribution in [2.75, 3.05) is 18.9 Å². The Kier molecular flexibility index (Phi) is 6.22. The summed E-state index contributed by atoms with van der Waals surface area (Å²) in [5.74, 6) is 1.66. The van der Waals surface area contributed by atoms with Crippen LogP contribution in [0.25, 0.3) is 0 Å². The first-order valence-corrected chi connectivity index (χ1v) is 10.2. The van der Waals surface area contributed by atoms with Gasteiger partial charge in [0.25, 0.3) is 5.91 Å². The van der Waals surface area contributed by atoms with Gasteiger partial charge in [0.15, 0.2) is 11.8 Å². The van der Waals surface area contributed by atoms with Gasteiger partial charge in [-0.3, -0.25) is 9.69 Å². The number of rotatable bonds is 4. The van der Waals surface area contributed by atoms with Crippen LogP contribution >= 0.6 is 11.8 Å². The molecule has 0 unspecified atom stereocenters. The van der Waals surface area contributed by atoms with E-state index in [9.17, 15) is 4.79 Å². The molecule has 0 radical (unpaired) electrons. The molecule has 1 heterocycles. The first-order valence-electron chi connectivity index (χ1n) is 9.22. The lowest BCUT2D eigenvalue weighted by Gasteiger charge is -2.28. The van der Waals surface area contributed by atoms with E-state index in [1.807, 2.05) is 32.9 Å². The Morgan fingerprint density at radius 3 is 2.56 bits per heavy atom. The number of hydrogen-bond acceptors (Lipinski definition) is 4. The van der Waals surface area contributed by atoms with E-state index in [0.29, 0.717) is 6.54 Å². The monoisotopic (exact) mass is 382 g/mol. The topological polar surface area (TPSA) is 41.9 Å².